The second kappa shape index (κ2) is 5.81. The third-order valence-corrected chi connectivity index (χ3v) is 3.75. The summed E-state index contributed by atoms with van der Waals surface area (Å²) in [6, 6.07) is 4.93. The van der Waals surface area contributed by atoms with Gasteiger partial charge in [-0.05, 0) is 37.0 Å². The molecule has 18 heavy (non-hydrogen) atoms. The Morgan fingerprint density at radius 1 is 1.56 bits per heavy atom. The van der Waals surface area contributed by atoms with Crippen LogP contribution in [0.3, 0.4) is 0 Å². The first kappa shape index (κ1) is 13.5. The fraction of sp³-hybridized carbons (Fsp3) is 0.462. The summed E-state index contributed by atoms with van der Waals surface area (Å²) in [6.07, 6.45) is 2.32. The lowest BCUT2D eigenvalue weighted by Crippen LogP contribution is -2.30. The summed E-state index contributed by atoms with van der Waals surface area (Å²) in [5.41, 5.74) is 0.474. The molecule has 1 aromatic rings. The van der Waals surface area contributed by atoms with E-state index in [9.17, 15) is 4.79 Å². The molecule has 1 amide bonds. The number of ether oxygens (including phenoxy) is 1. The summed E-state index contributed by atoms with van der Waals surface area (Å²) in [5.74, 6) is 0.839. The van der Waals surface area contributed by atoms with Gasteiger partial charge in [0, 0.05) is 11.6 Å². The van der Waals surface area contributed by atoms with E-state index in [4.69, 9.17) is 27.9 Å². The van der Waals surface area contributed by atoms with Crippen LogP contribution in [-0.4, -0.2) is 24.9 Å². The Hall–Kier alpha value is -0.930. The number of hydrogen-bond acceptors (Lipinski definition) is 2. The molecule has 1 aromatic carbocycles. The molecule has 98 valence electrons. The highest BCUT2D eigenvalue weighted by molar-refractivity contribution is 6.30. The van der Waals surface area contributed by atoms with E-state index >= 15 is 0 Å². The number of hydrogen-bond donors (Lipinski definition) is 1. The quantitative estimate of drug-likeness (QED) is 0.845. The standard InChI is InChI=1S/C13H15Cl2NO2/c1-18-12-6-9(14)4-5-10(12)13(17)16-7-11(15)8-2-3-8/h4-6,8,11H,2-3,7H2,1H3,(H,16,17). The van der Waals surface area contributed by atoms with Crippen molar-refractivity contribution in [3.8, 4) is 5.75 Å². The zero-order chi connectivity index (χ0) is 13.1. The highest BCUT2D eigenvalue weighted by atomic mass is 35.5. The van der Waals surface area contributed by atoms with Crippen LogP contribution in [0.25, 0.3) is 0 Å². The summed E-state index contributed by atoms with van der Waals surface area (Å²) >= 11 is 12.0. The molecule has 1 fully saturated rings. The van der Waals surface area contributed by atoms with E-state index in [0.717, 1.165) is 12.8 Å². The van der Waals surface area contributed by atoms with E-state index < -0.39 is 0 Å². The predicted molar refractivity (Wildman–Crippen MR) is 72.7 cm³/mol. The maximum Gasteiger partial charge on any atom is 0.255 e. The maximum absolute atomic E-state index is 12.0. The molecule has 1 aliphatic rings. The van der Waals surface area contributed by atoms with E-state index in [-0.39, 0.29) is 11.3 Å². The average Bonchev–Trinajstić information content (AvgIpc) is 3.19. The highest BCUT2D eigenvalue weighted by Crippen LogP contribution is 2.35. The van der Waals surface area contributed by atoms with E-state index in [1.165, 1.54) is 7.11 Å². The van der Waals surface area contributed by atoms with Gasteiger partial charge in [-0.25, -0.2) is 0 Å². The number of halogens is 2. The van der Waals surface area contributed by atoms with Crippen LogP contribution in [0.15, 0.2) is 18.2 Å². The Balaban J connectivity index is 1.99. The number of amides is 1. The molecule has 1 saturated carbocycles. The van der Waals surface area contributed by atoms with Crippen molar-refractivity contribution >= 4 is 29.1 Å². The van der Waals surface area contributed by atoms with Crippen molar-refractivity contribution in [1.29, 1.82) is 0 Å². The van der Waals surface area contributed by atoms with Gasteiger partial charge in [0.25, 0.3) is 5.91 Å². The van der Waals surface area contributed by atoms with Gasteiger partial charge < -0.3 is 10.1 Å². The molecule has 1 N–H and O–H groups in total. The maximum atomic E-state index is 12.0. The van der Waals surface area contributed by atoms with Crippen molar-refractivity contribution in [2.45, 2.75) is 18.2 Å². The van der Waals surface area contributed by atoms with Crippen LogP contribution in [0.4, 0.5) is 0 Å². The molecule has 0 saturated heterocycles. The minimum atomic E-state index is -0.185. The molecule has 3 nitrogen and oxygen atoms in total. The van der Waals surface area contributed by atoms with Crippen molar-refractivity contribution in [2.24, 2.45) is 5.92 Å². The van der Waals surface area contributed by atoms with Gasteiger partial charge in [-0.2, -0.15) is 0 Å². The lowest BCUT2D eigenvalue weighted by atomic mass is 10.2. The van der Waals surface area contributed by atoms with Gasteiger partial charge >= 0.3 is 0 Å². The predicted octanol–water partition coefficient (Wildman–Crippen LogP) is 3.10. The molecule has 0 aliphatic heterocycles. The fourth-order valence-corrected chi connectivity index (χ4v) is 2.25. The summed E-state index contributed by atoms with van der Waals surface area (Å²) in [5, 5.41) is 3.38. The zero-order valence-corrected chi connectivity index (χ0v) is 11.6. The van der Waals surface area contributed by atoms with Gasteiger partial charge in [0.1, 0.15) is 5.75 Å². The van der Waals surface area contributed by atoms with Crippen LogP contribution < -0.4 is 10.1 Å². The van der Waals surface area contributed by atoms with Crippen LogP contribution in [0.2, 0.25) is 5.02 Å². The fourth-order valence-electron chi connectivity index (χ4n) is 1.76. The third-order valence-electron chi connectivity index (χ3n) is 3.00. The SMILES string of the molecule is COc1cc(Cl)ccc1C(=O)NCC(Cl)C1CC1. The van der Waals surface area contributed by atoms with Gasteiger partial charge in [0.05, 0.1) is 18.1 Å². The number of benzene rings is 1. The first-order valence-corrected chi connectivity index (χ1v) is 6.69. The van der Waals surface area contributed by atoms with Crippen molar-refractivity contribution in [3.05, 3.63) is 28.8 Å². The van der Waals surface area contributed by atoms with Crippen molar-refractivity contribution < 1.29 is 9.53 Å². The molecule has 1 aliphatic carbocycles. The lowest BCUT2D eigenvalue weighted by molar-refractivity contribution is 0.0950. The normalized spacial score (nSPS) is 16.2. The first-order valence-electron chi connectivity index (χ1n) is 5.87. The van der Waals surface area contributed by atoms with Gasteiger partial charge in [0.15, 0.2) is 0 Å². The van der Waals surface area contributed by atoms with Crippen LogP contribution in [0.1, 0.15) is 23.2 Å². The smallest absolute Gasteiger partial charge is 0.255 e. The largest absolute Gasteiger partial charge is 0.496 e. The van der Waals surface area contributed by atoms with E-state index in [2.05, 4.69) is 5.32 Å². The van der Waals surface area contributed by atoms with Crippen molar-refractivity contribution in [3.63, 3.8) is 0 Å². The second-order valence-electron chi connectivity index (χ2n) is 4.41. The van der Waals surface area contributed by atoms with Crippen LogP contribution >= 0.6 is 23.2 Å². The Kier molecular flexibility index (Phi) is 4.36. The Morgan fingerprint density at radius 2 is 2.28 bits per heavy atom. The zero-order valence-electron chi connectivity index (χ0n) is 10.1. The Bertz CT molecular complexity index is 447. The van der Waals surface area contributed by atoms with Gasteiger partial charge in [0.2, 0.25) is 0 Å². The monoisotopic (exact) mass is 287 g/mol. The van der Waals surface area contributed by atoms with Crippen molar-refractivity contribution in [2.75, 3.05) is 13.7 Å². The van der Waals surface area contributed by atoms with Gasteiger partial charge in [-0.15, -0.1) is 11.6 Å². The number of rotatable bonds is 5. The van der Waals surface area contributed by atoms with Gasteiger partial charge in [-0.3, -0.25) is 4.79 Å². The molecule has 0 radical (unpaired) electrons. The Morgan fingerprint density at radius 3 is 2.89 bits per heavy atom. The molecule has 5 heteroatoms. The van der Waals surface area contributed by atoms with Crippen LogP contribution in [-0.2, 0) is 0 Å². The molecule has 0 bridgehead atoms. The number of carbonyl (C=O) groups is 1. The summed E-state index contributed by atoms with van der Waals surface area (Å²) < 4.78 is 5.14. The molecule has 0 aromatic heterocycles. The number of carbonyl (C=O) groups excluding carboxylic acids is 1. The van der Waals surface area contributed by atoms with E-state index in [0.29, 0.717) is 28.8 Å². The Labute approximate surface area is 116 Å². The van der Waals surface area contributed by atoms with E-state index in [1.807, 2.05) is 0 Å². The molecular weight excluding hydrogens is 273 g/mol. The number of methoxy groups -OCH3 is 1. The minimum absolute atomic E-state index is 0.0206. The average molecular weight is 288 g/mol. The topological polar surface area (TPSA) is 38.3 Å². The molecule has 1 unspecified atom stereocenters. The molecule has 0 spiro atoms. The second-order valence-corrected chi connectivity index (χ2v) is 5.41. The highest BCUT2D eigenvalue weighted by Gasteiger charge is 2.29. The summed E-state index contributed by atoms with van der Waals surface area (Å²) in [4.78, 5) is 12.0. The lowest BCUT2D eigenvalue weighted by Gasteiger charge is -2.12. The molecule has 1 atom stereocenters. The number of nitrogens with one attached hydrogen (secondary N) is 1. The van der Waals surface area contributed by atoms with E-state index in [1.54, 1.807) is 18.2 Å². The molecular formula is C13H15Cl2NO2. The molecule has 2 rings (SSSR count). The van der Waals surface area contributed by atoms with Crippen molar-refractivity contribution in [1.82, 2.24) is 5.32 Å². The third kappa shape index (κ3) is 3.30. The van der Waals surface area contributed by atoms with Gasteiger partial charge in [-0.1, -0.05) is 11.6 Å². The number of alkyl halides is 1. The molecule has 0 heterocycles. The first-order chi connectivity index (χ1) is 8.61. The summed E-state index contributed by atoms with van der Waals surface area (Å²) in [6.45, 7) is 0.483. The summed E-state index contributed by atoms with van der Waals surface area (Å²) in [7, 11) is 1.51. The van der Waals surface area contributed by atoms with Crippen LogP contribution in [0.5, 0.6) is 5.75 Å². The van der Waals surface area contributed by atoms with Crippen LogP contribution in [0, 0.1) is 5.92 Å². The minimum Gasteiger partial charge on any atom is -0.496 e.